The maximum Gasteiger partial charge on any atom is 0.282 e. The molecule has 0 saturated carbocycles. The Balaban J connectivity index is 1.86. The molecule has 34 heavy (non-hydrogen) atoms. The maximum atomic E-state index is 13.8. The SMILES string of the molecule is CCN(C1=C(c2ccc([N+](=O)[O-])cc2)C(=O)N(c2ccc(C(C)C)cc2)C1=O)c1ccccc1. The second kappa shape index (κ2) is 9.31. The summed E-state index contributed by atoms with van der Waals surface area (Å²) in [7, 11) is 0. The molecule has 0 fully saturated rings. The van der Waals surface area contributed by atoms with E-state index in [0.717, 1.165) is 11.3 Å². The van der Waals surface area contributed by atoms with Gasteiger partial charge in [-0.05, 0) is 60.4 Å². The van der Waals surface area contributed by atoms with Crippen LogP contribution in [0.5, 0.6) is 0 Å². The number of rotatable bonds is 7. The summed E-state index contributed by atoms with van der Waals surface area (Å²) >= 11 is 0. The molecule has 1 heterocycles. The number of carbonyl (C=O) groups is 2. The van der Waals surface area contributed by atoms with Crippen molar-refractivity contribution in [3.63, 3.8) is 0 Å². The number of nitro benzene ring substituents is 1. The van der Waals surface area contributed by atoms with Crippen LogP contribution in [0.1, 0.15) is 37.8 Å². The Morgan fingerprint density at radius 3 is 2.03 bits per heavy atom. The number of carbonyl (C=O) groups excluding carboxylic acids is 2. The second-order valence-electron chi connectivity index (χ2n) is 8.30. The van der Waals surface area contributed by atoms with Gasteiger partial charge in [-0.15, -0.1) is 0 Å². The highest BCUT2D eigenvalue weighted by Crippen LogP contribution is 2.37. The summed E-state index contributed by atoms with van der Waals surface area (Å²) in [5.74, 6) is -0.570. The molecule has 0 N–H and O–H groups in total. The van der Waals surface area contributed by atoms with E-state index in [0.29, 0.717) is 23.7 Å². The van der Waals surface area contributed by atoms with Crippen LogP contribution in [-0.4, -0.2) is 23.3 Å². The van der Waals surface area contributed by atoms with Crippen LogP contribution in [0.4, 0.5) is 17.1 Å². The maximum absolute atomic E-state index is 13.8. The third-order valence-electron chi connectivity index (χ3n) is 5.90. The van der Waals surface area contributed by atoms with Crippen molar-refractivity contribution in [2.75, 3.05) is 16.3 Å². The van der Waals surface area contributed by atoms with Crippen LogP contribution in [0.15, 0.2) is 84.6 Å². The van der Waals surface area contributed by atoms with Crippen molar-refractivity contribution in [2.45, 2.75) is 26.7 Å². The van der Waals surface area contributed by atoms with Gasteiger partial charge < -0.3 is 4.90 Å². The van der Waals surface area contributed by atoms with Crippen LogP contribution < -0.4 is 9.80 Å². The number of anilines is 2. The summed E-state index contributed by atoms with van der Waals surface area (Å²) in [4.78, 5) is 41.1. The number of hydrogen-bond acceptors (Lipinski definition) is 5. The molecule has 0 saturated heterocycles. The Bertz CT molecular complexity index is 1260. The molecule has 0 atom stereocenters. The Kier molecular flexibility index (Phi) is 6.27. The van der Waals surface area contributed by atoms with E-state index < -0.39 is 16.7 Å². The van der Waals surface area contributed by atoms with Gasteiger partial charge in [0.1, 0.15) is 5.70 Å². The van der Waals surface area contributed by atoms with Crippen LogP contribution in [0, 0.1) is 10.1 Å². The molecule has 1 aliphatic rings. The summed E-state index contributed by atoms with van der Waals surface area (Å²) in [5, 5.41) is 11.1. The van der Waals surface area contributed by atoms with E-state index >= 15 is 0 Å². The number of imide groups is 1. The first-order valence-electron chi connectivity index (χ1n) is 11.1. The molecule has 4 rings (SSSR count). The van der Waals surface area contributed by atoms with Gasteiger partial charge in [-0.25, -0.2) is 4.90 Å². The minimum Gasteiger partial charge on any atom is -0.337 e. The first-order chi connectivity index (χ1) is 16.3. The number of non-ortho nitro benzene ring substituents is 1. The summed E-state index contributed by atoms with van der Waals surface area (Å²) in [6.07, 6.45) is 0. The summed E-state index contributed by atoms with van der Waals surface area (Å²) in [5.41, 5.74) is 3.20. The van der Waals surface area contributed by atoms with Crippen LogP contribution in [0.3, 0.4) is 0 Å². The van der Waals surface area contributed by atoms with E-state index in [1.54, 1.807) is 17.0 Å². The van der Waals surface area contributed by atoms with Crippen molar-refractivity contribution >= 4 is 34.4 Å². The minimum absolute atomic E-state index is 0.0841. The molecule has 0 unspecified atom stereocenters. The standard InChI is InChI=1S/C27H25N3O4/c1-4-28(21-8-6-5-7-9-21)25-24(20-12-16-23(17-13-20)30(33)34)26(31)29(27(25)32)22-14-10-19(11-15-22)18(2)3/h5-18H,4H2,1-3H3. The molecule has 0 aliphatic carbocycles. The number of benzene rings is 3. The quantitative estimate of drug-likeness (QED) is 0.266. The number of para-hydroxylation sites is 1. The molecular weight excluding hydrogens is 430 g/mol. The van der Waals surface area contributed by atoms with Gasteiger partial charge in [0.05, 0.1) is 16.2 Å². The fraction of sp³-hybridized carbons (Fsp3) is 0.185. The zero-order valence-corrected chi connectivity index (χ0v) is 19.3. The normalized spacial score (nSPS) is 13.7. The van der Waals surface area contributed by atoms with E-state index in [4.69, 9.17) is 0 Å². The summed E-state index contributed by atoms with van der Waals surface area (Å²) < 4.78 is 0. The lowest BCUT2D eigenvalue weighted by atomic mass is 10.0. The van der Waals surface area contributed by atoms with Gasteiger partial charge in [-0.2, -0.15) is 0 Å². The Morgan fingerprint density at radius 1 is 0.882 bits per heavy atom. The highest BCUT2D eigenvalue weighted by molar-refractivity contribution is 6.46. The average Bonchev–Trinajstić information content (AvgIpc) is 3.10. The minimum atomic E-state index is -0.494. The lowest BCUT2D eigenvalue weighted by Gasteiger charge is -2.25. The number of nitrogens with zero attached hydrogens (tertiary/aromatic N) is 3. The van der Waals surface area contributed by atoms with Gasteiger partial charge in [0.25, 0.3) is 17.5 Å². The van der Waals surface area contributed by atoms with E-state index in [1.165, 1.54) is 29.2 Å². The Morgan fingerprint density at radius 2 is 1.50 bits per heavy atom. The molecule has 0 spiro atoms. The number of likely N-dealkylation sites (N-methyl/N-ethyl adjacent to an activating group) is 1. The number of nitro groups is 1. The van der Waals surface area contributed by atoms with E-state index in [2.05, 4.69) is 13.8 Å². The first kappa shape index (κ1) is 22.9. The van der Waals surface area contributed by atoms with E-state index in [1.807, 2.05) is 49.4 Å². The summed E-state index contributed by atoms with van der Waals surface area (Å²) in [6, 6.07) is 22.5. The molecule has 7 heteroatoms. The molecule has 7 nitrogen and oxygen atoms in total. The van der Waals surface area contributed by atoms with Gasteiger partial charge in [0.15, 0.2) is 0 Å². The topological polar surface area (TPSA) is 83.8 Å². The zero-order valence-electron chi connectivity index (χ0n) is 19.3. The van der Waals surface area contributed by atoms with Crippen molar-refractivity contribution in [2.24, 2.45) is 0 Å². The lowest BCUT2D eigenvalue weighted by molar-refractivity contribution is -0.384. The van der Waals surface area contributed by atoms with Gasteiger partial charge in [0.2, 0.25) is 0 Å². The fourth-order valence-electron chi connectivity index (χ4n) is 4.10. The largest absolute Gasteiger partial charge is 0.337 e. The molecule has 3 aromatic carbocycles. The molecule has 172 valence electrons. The van der Waals surface area contributed by atoms with Crippen LogP contribution >= 0.6 is 0 Å². The van der Waals surface area contributed by atoms with Gasteiger partial charge in [-0.3, -0.25) is 19.7 Å². The Hall–Kier alpha value is -4.26. The van der Waals surface area contributed by atoms with E-state index in [-0.39, 0.29) is 17.0 Å². The van der Waals surface area contributed by atoms with Crippen LogP contribution in [0.2, 0.25) is 0 Å². The average molecular weight is 456 g/mol. The fourth-order valence-corrected chi connectivity index (χ4v) is 4.10. The highest BCUT2D eigenvalue weighted by Gasteiger charge is 2.42. The smallest absolute Gasteiger partial charge is 0.282 e. The molecule has 3 aromatic rings. The van der Waals surface area contributed by atoms with Gasteiger partial charge in [0, 0.05) is 24.4 Å². The summed E-state index contributed by atoms with van der Waals surface area (Å²) in [6.45, 7) is 6.51. The lowest BCUT2D eigenvalue weighted by Crippen LogP contribution is -2.35. The highest BCUT2D eigenvalue weighted by atomic mass is 16.6. The zero-order chi connectivity index (χ0) is 24.4. The van der Waals surface area contributed by atoms with Crippen molar-refractivity contribution in [3.8, 4) is 0 Å². The Labute approximate surface area is 198 Å². The number of hydrogen-bond donors (Lipinski definition) is 0. The molecule has 0 bridgehead atoms. The third-order valence-corrected chi connectivity index (χ3v) is 5.90. The molecule has 0 aromatic heterocycles. The monoisotopic (exact) mass is 455 g/mol. The van der Waals surface area contributed by atoms with Gasteiger partial charge >= 0.3 is 0 Å². The van der Waals surface area contributed by atoms with Crippen LogP contribution in [-0.2, 0) is 9.59 Å². The molecular formula is C27H25N3O4. The van der Waals surface area contributed by atoms with Crippen molar-refractivity contribution < 1.29 is 14.5 Å². The molecule has 1 aliphatic heterocycles. The van der Waals surface area contributed by atoms with Crippen molar-refractivity contribution in [1.29, 1.82) is 0 Å². The van der Waals surface area contributed by atoms with Crippen molar-refractivity contribution in [1.82, 2.24) is 0 Å². The second-order valence-corrected chi connectivity index (χ2v) is 8.30. The predicted octanol–water partition coefficient (Wildman–Crippen LogP) is 5.53. The third kappa shape index (κ3) is 4.08. The first-order valence-corrected chi connectivity index (χ1v) is 11.1. The van der Waals surface area contributed by atoms with Crippen molar-refractivity contribution in [3.05, 3.63) is 106 Å². The molecule has 0 radical (unpaired) electrons. The molecule has 2 amide bonds. The van der Waals surface area contributed by atoms with Gasteiger partial charge in [-0.1, -0.05) is 44.2 Å². The number of amides is 2. The van der Waals surface area contributed by atoms with E-state index in [9.17, 15) is 19.7 Å². The van der Waals surface area contributed by atoms with Crippen LogP contribution in [0.25, 0.3) is 5.57 Å². The predicted molar refractivity (Wildman–Crippen MR) is 133 cm³/mol.